The van der Waals surface area contributed by atoms with E-state index < -0.39 is 54.6 Å². The molecule has 0 spiro atoms. The highest BCUT2D eigenvalue weighted by atomic mass is 16.7. The van der Waals surface area contributed by atoms with Crippen LogP contribution in [0.15, 0.2) is 36.5 Å². The summed E-state index contributed by atoms with van der Waals surface area (Å²) in [5.41, 5.74) is 1.66. The summed E-state index contributed by atoms with van der Waals surface area (Å²) in [5, 5.41) is 8.04. The normalized spacial score (nSPS) is 23.1. The van der Waals surface area contributed by atoms with Gasteiger partial charge >= 0.3 is 23.9 Å². The molecule has 0 bridgehead atoms. The van der Waals surface area contributed by atoms with E-state index in [1.807, 2.05) is 30.3 Å². The summed E-state index contributed by atoms with van der Waals surface area (Å²) in [6.45, 7) is 4.60. The molecule has 2 heterocycles. The maximum atomic E-state index is 11.9. The minimum Gasteiger partial charge on any atom is -0.463 e. The lowest BCUT2D eigenvalue weighted by atomic mass is 9.98. The van der Waals surface area contributed by atoms with Crippen LogP contribution in [0.4, 0.5) is 0 Å². The average Bonchev–Trinajstić information content (AvgIpc) is 3.29. The summed E-state index contributed by atoms with van der Waals surface area (Å²) in [5.74, 6) is -2.74. The third-order valence-electron chi connectivity index (χ3n) is 5.22. The Morgan fingerprint density at radius 1 is 0.865 bits per heavy atom. The van der Waals surface area contributed by atoms with Crippen molar-refractivity contribution >= 4 is 23.9 Å². The Hall–Kier alpha value is -3.84. The van der Waals surface area contributed by atoms with E-state index >= 15 is 0 Å². The molecular formula is C24H29N3O10. The highest BCUT2D eigenvalue weighted by molar-refractivity contribution is 5.68. The van der Waals surface area contributed by atoms with Crippen LogP contribution in [0, 0.1) is 0 Å². The molecule has 0 radical (unpaired) electrons. The predicted octanol–water partition coefficient (Wildman–Crippen LogP) is 1.04. The van der Waals surface area contributed by atoms with E-state index in [1.165, 1.54) is 6.92 Å². The van der Waals surface area contributed by atoms with Crippen molar-refractivity contribution in [2.75, 3.05) is 13.2 Å². The number of aromatic nitrogens is 3. The third-order valence-corrected chi connectivity index (χ3v) is 5.22. The van der Waals surface area contributed by atoms with E-state index in [0.717, 1.165) is 32.0 Å². The Bertz CT molecular complexity index is 1090. The summed E-state index contributed by atoms with van der Waals surface area (Å²) in [6.07, 6.45) is -4.56. The van der Waals surface area contributed by atoms with Crippen molar-refractivity contribution in [1.82, 2.24) is 15.0 Å². The Labute approximate surface area is 212 Å². The topological polar surface area (TPSA) is 154 Å². The Balaban J connectivity index is 1.82. The molecule has 1 aliphatic heterocycles. The van der Waals surface area contributed by atoms with Gasteiger partial charge < -0.3 is 28.4 Å². The number of rotatable bonds is 10. The van der Waals surface area contributed by atoms with Crippen molar-refractivity contribution in [1.29, 1.82) is 0 Å². The van der Waals surface area contributed by atoms with E-state index in [1.54, 1.807) is 10.9 Å². The molecule has 2 aromatic rings. The van der Waals surface area contributed by atoms with E-state index in [-0.39, 0.29) is 19.8 Å². The van der Waals surface area contributed by atoms with Gasteiger partial charge in [0, 0.05) is 33.3 Å². The highest BCUT2D eigenvalue weighted by Gasteiger charge is 2.52. The maximum Gasteiger partial charge on any atom is 0.303 e. The number of esters is 4. The molecule has 1 aromatic heterocycles. The molecule has 5 atom stereocenters. The quantitative estimate of drug-likeness (QED) is 0.325. The number of nitrogens with zero attached hydrogens (tertiary/aromatic N) is 3. The fourth-order valence-corrected chi connectivity index (χ4v) is 3.83. The second-order valence-electron chi connectivity index (χ2n) is 8.15. The van der Waals surface area contributed by atoms with Gasteiger partial charge in [-0.3, -0.25) is 19.2 Å². The molecular weight excluding hydrogens is 490 g/mol. The SMILES string of the molecule is CC(=O)OC[C@H]1O[C@@H](OCCn2nncc2-c2ccccc2)[C@H](OC(C)=O)[C@@H](OC(C)=O)[C@@H]1OC(C)=O. The number of benzene rings is 1. The smallest absolute Gasteiger partial charge is 0.303 e. The van der Waals surface area contributed by atoms with Crippen LogP contribution in [-0.2, 0) is 54.1 Å². The molecule has 1 aromatic carbocycles. The molecule has 1 fully saturated rings. The molecule has 13 nitrogen and oxygen atoms in total. The first-order valence-corrected chi connectivity index (χ1v) is 11.5. The summed E-state index contributed by atoms with van der Waals surface area (Å²) in [7, 11) is 0. The second-order valence-corrected chi connectivity index (χ2v) is 8.15. The number of carbonyl (C=O) groups is 4. The first-order chi connectivity index (χ1) is 17.7. The van der Waals surface area contributed by atoms with Gasteiger partial charge in [0.05, 0.1) is 25.0 Å². The largest absolute Gasteiger partial charge is 0.463 e. The van der Waals surface area contributed by atoms with E-state index in [4.69, 9.17) is 28.4 Å². The van der Waals surface area contributed by atoms with Crippen molar-refractivity contribution in [3.8, 4) is 11.3 Å². The Morgan fingerprint density at radius 2 is 1.49 bits per heavy atom. The van der Waals surface area contributed by atoms with E-state index in [9.17, 15) is 19.2 Å². The van der Waals surface area contributed by atoms with Crippen molar-refractivity contribution in [2.45, 2.75) is 64.9 Å². The molecule has 0 unspecified atom stereocenters. The minimum absolute atomic E-state index is 0.0247. The van der Waals surface area contributed by atoms with Gasteiger partial charge in [-0.15, -0.1) is 5.10 Å². The molecule has 0 aliphatic carbocycles. The molecule has 0 saturated carbocycles. The van der Waals surface area contributed by atoms with Gasteiger partial charge in [0.25, 0.3) is 0 Å². The fourth-order valence-electron chi connectivity index (χ4n) is 3.83. The molecule has 1 aliphatic rings. The van der Waals surface area contributed by atoms with Crippen LogP contribution in [0.1, 0.15) is 27.7 Å². The number of hydrogen-bond donors (Lipinski definition) is 0. The second kappa shape index (κ2) is 12.9. The minimum atomic E-state index is -1.30. The summed E-state index contributed by atoms with van der Waals surface area (Å²) < 4.78 is 34.6. The van der Waals surface area contributed by atoms with Crippen molar-refractivity contribution in [3.05, 3.63) is 36.5 Å². The van der Waals surface area contributed by atoms with Crippen LogP contribution in [0.25, 0.3) is 11.3 Å². The van der Waals surface area contributed by atoms with Gasteiger partial charge in [-0.2, -0.15) is 0 Å². The van der Waals surface area contributed by atoms with Crippen LogP contribution in [0.5, 0.6) is 0 Å². The molecule has 1 saturated heterocycles. The maximum absolute atomic E-state index is 11.9. The van der Waals surface area contributed by atoms with Crippen molar-refractivity contribution in [2.24, 2.45) is 0 Å². The average molecular weight is 520 g/mol. The van der Waals surface area contributed by atoms with Gasteiger partial charge in [0.2, 0.25) is 0 Å². The number of carbonyl (C=O) groups excluding carboxylic acids is 4. The van der Waals surface area contributed by atoms with Crippen LogP contribution < -0.4 is 0 Å². The zero-order valence-corrected chi connectivity index (χ0v) is 20.9. The fraction of sp³-hybridized carbons (Fsp3) is 0.500. The lowest BCUT2D eigenvalue weighted by Gasteiger charge is -2.44. The van der Waals surface area contributed by atoms with E-state index in [0.29, 0.717) is 0 Å². The van der Waals surface area contributed by atoms with Crippen LogP contribution in [0.3, 0.4) is 0 Å². The van der Waals surface area contributed by atoms with E-state index in [2.05, 4.69) is 10.3 Å². The Morgan fingerprint density at radius 3 is 2.11 bits per heavy atom. The molecule has 200 valence electrons. The summed E-state index contributed by atoms with van der Waals surface area (Å²) >= 11 is 0. The van der Waals surface area contributed by atoms with Crippen molar-refractivity contribution < 1.29 is 47.6 Å². The molecule has 0 amide bonds. The van der Waals surface area contributed by atoms with Crippen LogP contribution in [0.2, 0.25) is 0 Å². The number of ether oxygens (including phenoxy) is 6. The first kappa shape index (κ1) is 27.7. The lowest BCUT2D eigenvalue weighted by Crippen LogP contribution is -2.63. The van der Waals surface area contributed by atoms with Crippen LogP contribution >= 0.6 is 0 Å². The van der Waals surface area contributed by atoms with Crippen LogP contribution in [-0.4, -0.2) is 82.8 Å². The van der Waals surface area contributed by atoms with Gasteiger partial charge in [-0.05, 0) is 0 Å². The zero-order valence-electron chi connectivity index (χ0n) is 20.9. The molecule has 0 N–H and O–H groups in total. The summed E-state index contributed by atoms with van der Waals surface area (Å²) in [6, 6.07) is 9.50. The van der Waals surface area contributed by atoms with Gasteiger partial charge in [-0.25, -0.2) is 4.68 Å². The highest BCUT2D eigenvalue weighted by Crippen LogP contribution is 2.30. The molecule has 37 heavy (non-hydrogen) atoms. The standard InChI is InChI=1S/C24H29N3O10/c1-14(28)33-13-20-21(34-15(2)29)22(35-16(3)30)23(36-17(4)31)24(37-20)32-11-10-27-19(12-25-26-27)18-8-6-5-7-9-18/h5-9,12,20-24H,10-11,13H2,1-4H3/t20-,21-,22+,23-,24-/m1/s1. The number of hydrogen-bond acceptors (Lipinski definition) is 12. The zero-order chi connectivity index (χ0) is 26.9. The van der Waals surface area contributed by atoms with Gasteiger partial charge in [-0.1, -0.05) is 35.5 Å². The predicted molar refractivity (Wildman–Crippen MR) is 123 cm³/mol. The molecule has 3 rings (SSSR count). The summed E-state index contributed by atoms with van der Waals surface area (Å²) in [4.78, 5) is 47.1. The Kier molecular flexibility index (Phi) is 9.69. The lowest BCUT2D eigenvalue weighted by molar-refractivity contribution is -0.308. The monoisotopic (exact) mass is 519 g/mol. The van der Waals surface area contributed by atoms with Gasteiger partial charge in [0.1, 0.15) is 12.7 Å². The third kappa shape index (κ3) is 7.82. The molecule has 13 heteroatoms. The van der Waals surface area contributed by atoms with Gasteiger partial charge in [0.15, 0.2) is 24.6 Å². The first-order valence-electron chi connectivity index (χ1n) is 11.5. The van der Waals surface area contributed by atoms with Crippen molar-refractivity contribution in [3.63, 3.8) is 0 Å².